The molecule has 0 spiro atoms. The van der Waals surface area contributed by atoms with Gasteiger partial charge in [0.25, 0.3) is 0 Å². The number of aryl methyl sites for hydroxylation is 1. The van der Waals surface area contributed by atoms with Gasteiger partial charge in [0.15, 0.2) is 17.3 Å². The number of benzene rings is 2. The lowest BCUT2D eigenvalue weighted by Gasteiger charge is -2.16. The number of Topliss-reactive ketones (excluding diaryl/α,β-unsaturated/α-hetero) is 1. The molecule has 0 bridgehead atoms. The highest BCUT2D eigenvalue weighted by Gasteiger charge is 2.37. The van der Waals surface area contributed by atoms with Crippen LogP contribution >= 0.6 is 11.8 Å². The summed E-state index contributed by atoms with van der Waals surface area (Å²) in [7, 11) is 1.41. The van der Waals surface area contributed by atoms with Gasteiger partial charge in [0, 0.05) is 28.3 Å². The zero-order valence-corrected chi connectivity index (χ0v) is 16.7. The maximum atomic E-state index is 14.6. The van der Waals surface area contributed by atoms with Gasteiger partial charge in [-0.15, -0.1) is 0 Å². The highest BCUT2D eigenvalue weighted by Crippen LogP contribution is 2.38. The quantitative estimate of drug-likeness (QED) is 0.587. The number of rotatable bonds is 5. The second kappa shape index (κ2) is 7.83. The molecule has 1 aliphatic heterocycles. The first-order valence-corrected chi connectivity index (χ1v) is 10.0. The van der Waals surface area contributed by atoms with Crippen LogP contribution in [0.2, 0.25) is 0 Å². The van der Waals surface area contributed by atoms with Crippen LogP contribution in [0.1, 0.15) is 22.7 Å². The third kappa shape index (κ3) is 3.70. The maximum absolute atomic E-state index is 14.6. The van der Waals surface area contributed by atoms with Gasteiger partial charge >= 0.3 is 0 Å². The van der Waals surface area contributed by atoms with Crippen molar-refractivity contribution in [2.24, 2.45) is 0 Å². The third-order valence-corrected chi connectivity index (χ3v) is 5.78. The van der Waals surface area contributed by atoms with Crippen molar-refractivity contribution in [2.75, 3.05) is 12.9 Å². The normalized spacial score (nSPS) is 16.4. The van der Waals surface area contributed by atoms with Gasteiger partial charge < -0.3 is 9.47 Å². The zero-order valence-electron chi connectivity index (χ0n) is 15.9. The topological polar surface area (TPSA) is 65.5 Å². The Labute approximate surface area is 171 Å². The number of carbonyl (C=O) groups excluding carboxylic acids is 2. The van der Waals surface area contributed by atoms with Gasteiger partial charge in [-0.1, -0.05) is 36.0 Å². The van der Waals surface area contributed by atoms with Crippen LogP contribution in [0.25, 0.3) is 10.9 Å². The molecule has 29 heavy (non-hydrogen) atoms. The molecule has 0 amide bonds. The number of pyridine rings is 1. The number of nitrogens with zero attached hydrogens (tertiary/aromatic N) is 1. The van der Waals surface area contributed by atoms with Gasteiger partial charge in [-0.3, -0.25) is 14.6 Å². The van der Waals surface area contributed by atoms with E-state index < -0.39 is 11.7 Å². The van der Waals surface area contributed by atoms with E-state index in [1.165, 1.54) is 13.2 Å². The van der Waals surface area contributed by atoms with Crippen molar-refractivity contribution in [1.29, 1.82) is 0 Å². The molecular formula is C22H18FNO4S. The van der Waals surface area contributed by atoms with Crippen molar-refractivity contribution in [3.8, 4) is 11.5 Å². The smallest absolute Gasteiger partial charge is 0.204 e. The molecule has 1 saturated heterocycles. The number of carbonyl (C=O) groups is 2. The summed E-state index contributed by atoms with van der Waals surface area (Å²) in [5.41, 5.74) is 2.60. The monoisotopic (exact) mass is 411 g/mol. The zero-order chi connectivity index (χ0) is 20.5. The van der Waals surface area contributed by atoms with Gasteiger partial charge in [0.2, 0.25) is 5.12 Å². The molecule has 0 N–H and O–H groups in total. The Balaban J connectivity index is 1.68. The summed E-state index contributed by atoms with van der Waals surface area (Å²) in [6.45, 7) is 2.09. The Morgan fingerprint density at radius 3 is 2.72 bits per heavy atom. The molecule has 1 atom stereocenters. The highest BCUT2D eigenvalue weighted by atomic mass is 32.2. The Morgan fingerprint density at radius 1 is 1.17 bits per heavy atom. The average molecular weight is 411 g/mol. The minimum atomic E-state index is -1.10. The molecule has 0 radical (unpaired) electrons. The van der Waals surface area contributed by atoms with Gasteiger partial charge in [-0.05, 0) is 19.1 Å². The second-order valence-corrected chi connectivity index (χ2v) is 7.74. The van der Waals surface area contributed by atoms with Crippen molar-refractivity contribution >= 4 is 33.6 Å². The minimum Gasteiger partial charge on any atom is -0.493 e. The molecule has 1 unspecified atom stereocenters. The number of methoxy groups -OCH3 is 1. The van der Waals surface area contributed by atoms with Crippen LogP contribution in [0.5, 0.6) is 11.5 Å². The molecule has 3 aromatic rings. The van der Waals surface area contributed by atoms with Crippen LogP contribution in [0.15, 0.2) is 42.5 Å². The Hall–Kier alpha value is -2.93. The fraction of sp³-hybridized carbons (Fsp3) is 0.227. The van der Waals surface area contributed by atoms with Gasteiger partial charge in [-0.25, -0.2) is 4.39 Å². The van der Waals surface area contributed by atoms with Crippen molar-refractivity contribution in [2.45, 2.75) is 19.4 Å². The molecule has 0 saturated carbocycles. The number of aromatic nitrogens is 1. The van der Waals surface area contributed by atoms with Gasteiger partial charge in [-0.2, -0.15) is 0 Å². The summed E-state index contributed by atoms with van der Waals surface area (Å²) >= 11 is 0.910. The molecule has 1 aliphatic rings. The van der Waals surface area contributed by atoms with Crippen LogP contribution in [-0.2, 0) is 16.2 Å². The van der Waals surface area contributed by atoms with Crippen LogP contribution in [0.3, 0.4) is 0 Å². The van der Waals surface area contributed by atoms with Crippen LogP contribution in [0.4, 0.5) is 4.39 Å². The Kier molecular flexibility index (Phi) is 5.24. The van der Waals surface area contributed by atoms with Crippen molar-refractivity contribution in [3.63, 3.8) is 0 Å². The van der Waals surface area contributed by atoms with E-state index in [9.17, 15) is 14.0 Å². The van der Waals surface area contributed by atoms with Crippen molar-refractivity contribution < 1.29 is 23.5 Å². The number of hydrogen-bond donors (Lipinski definition) is 0. The molecule has 1 aromatic heterocycles. The largest absolute Gasteiger partial charge is 0.493 e. The van der Waals surface area contributed by atoms with Gasteiger partial charge in [0.05, 0.1) is 18.4 Å². The van der Waals surface area contributed by atoms with E-state index >= 15 is 0 Å². The lowest BCUT2D eigenvalue weighted by atomic mass is 9.96. The number of ether oxygens (including phenoxy) is 2. The molecule has 4 rings (SSSR count). The summed E-state index contributed by atoms with van der Waals surface area (Å²) in [6.07, 6.45) is 0. The predicted molar refractivity (Wildman–Crippen MR) is 109 cm³/mol. The first kappa shape index (κ1) is 19.4. The van der Waals surface area contributed by atoms with E-state index in [0.29, 0.717) is 0 Å². The van der Waals surface area contributed by atoms with E-state index in [4.69, 9.17) is 9.47 Å². The van der Waals surface area contributed by atoms with Crippen LogP contribution in [0, 0.1) is 12.7 Å². The lowest BCUT2D eigenvalue weighted by molar-refractivity contribution is -0.122. The molecule has 1 fully saturated rings. The van der Waals surface area contributed by atoms with Crippen molar-refractivity contribution in [1.82, 2.24) is 4.98 Å². The Bertz CT molecular complexity index is 1120. The van der Waals surface area contributed by atoms with E-state index in [1.54, 1.807) is 0 Å². The van der Waals surface area contributed by atoms with Crippen LogP contribution in [-0.4, -0.2) is 28.7 Å². The summed E-state index contributed by atoms with van der Waals surface area (Å²) in [6, 6.07) is 12.3. The average Bonchev–Trinajstić information content (AvgIpc) is 3.05. The Morgan fingerprint density at radius 2 is 2.00 bits per heavy atom. The summed E-state index contributed by atoms with van der Waals surface area (Å²) in [5.74, 6) is -1.54. The number of para-hydroxylation sites is 1. The summed E-state index contributed by atoms with van der Waals surface area (Å²) in [4.78, 5) is 28.7. The fourth-order valence-electron chi connectivity index (χ4n) is 3.36. The molecule has 7 heteroatoms. The number of hydrogen-bond acceptors (Lipinski definition) is 6. The van der Waals surface area contributed by atoms with E-state index in [-0.39, 0.29) is 40.3 Å². The van der Waals surface area contributed by atoms with E-state index in [2.05, 4.69) is 4.98 Å². The molecule has 148 valence electrons. The molecule has 5 nitrogen and oxygen atoms in total. The van der Waals surface area contributed by atoms with Crippen molar-refractivity contribution in [3.05, 3.63) is 65.1 Å². The standard InChI is InChI=1S/C22H18FNO4S/c1-12-6-7-13-4-3-5-14(21(13)24-12)10-28-19-8-15(16(23)9-18(19)27-2)20-17(25)11-29-22(20)26/h3-9,20H,10-11H2,1-2H3. The lowest BCUT2D eigenvalue weighted by Crippen LogP contribution is -2.15. The maximum Gasteiger partial charge on any atom is 0.204 e. The summed E-state index contributed by atoms with van der Waals surface area (Å²) in [5, 5.41) is 0.640. The molecule has 2 aromatic carbocycles. The highest BCUT2D eigenvalue weighted by molar-refractivity contribution is 8.15. The molecule has 2 heterocycles. The number of halogens is 1. The number of thioether (sulfide) groups is 1. The fourth-order valence-corrected chi connectivity index (χ4v) is 4.24. The van der Waals surface area contributed by atoms with E-state index in [1.807, 2.05) is 37.3 Å². The number of fused-ring (bicyclic) bond motifs is 1. The van der Waals surface area contributed by atoms with Gasteiger partial charge in [0.1, 0.15) is 18.3 Å². The van der Waals surface area contributed by atoms with Crippen LogP contribution < -0.4 is 9.47 Å². The molecule has 0 aliphatic carbocycles. The third-order valence-electron chi connectivity index (χ3n) is 4.83. The predicted octanol–water partition coefficient (Wildman–Crippen LogP) is 4.20. The number of ketones is 1. The second-order valence-electron chi connectivity index (χ2n) is 6.76. The SMILES string of the molecule is COc1cc(F)c(C2C(=O)CSC2=O)cc1OCc1cccc2ccc(C)nc12. The summed E-state index contributed by atoms with van der Waals surface area (Å²) < 4.78 is 25.7. The van der Waals surface area contributed by atoms with E-state index in [0.717, 1.165) is 40.0 Å². The molecular weight excluding hydrogens is 393 g/mol. The first-order valence-electron chi connectivity index (χ1n) is 9.02. The first-order chi connectivity index (χ1) is 14.0. The minimum absolute atomic E-state index is 0.0210.